The van der Waals surface area contributed by atoms with Gasteiger partial charge in [0, 0.05) is 22.7 Å². The SMILES string of the molecule is Cc1cc(N2CN(c3ccc(C(C)(C)C)cc3)c3ccccc32)cc(N2CN(c3ccc(C(C)(C)C)cc3)c3cc(C)c(C)cc32)c1. The Morgan fingerprint density at radius 2 is 0.766 bits per heavy atom. The van der Waals surface area contributed by atoms with Gasteiger partial charge in [0.05, 0.1) is 22.7 Å². The summed E-state index contributed by atoms with van der Waals surface area (Å²) in [4.78, 5) is 9.85. The lowest BCUT2D eigenvalue weighted by molar-refractivity contribution is 0.590. The van der Waals surface area contributed by atoms with Gasteiger partial charge < -0.3 is 19.6 Å². The van der Waals surface area contributed by atoms with Crippen LogP contribution in [-0.4, -0.2) is 13.3 Å². The summed E-state index contributed by atoms with van der Waals surface area (Å²) in [6.45, 7) is 21.8. The van der Waals surface area contributed by atoms with Crippen molar-refractivity contribution >= 4 is 45.5 Å². The fourth-order valence-electron chi connectivity index (χ4n) is 6.95. The number of rotatable bonds is 4. The van der Waals surface area contributed by atoms with Gasteiger partial charge in [0.2, 0.25) is 0 Å². The van der Waals surface area contributed by atoms with Crippen LogP contribution in [0.25, 0.3) is 0 Å². The Bertz CT molecular complexity index is 1940. The monoisotopic (exact) mass is 620 g/mol. The second-order valence-corrected chi connectivity index (χ2v) is 15.5. The van der Waals surface area contributed by atoms with Crippen LogP contribution in [0.1, 0.15) is 69.4 Å². The van der Waals surface area contributed by atoms with Crippen LogP contribution in [0.3, 0.4) is 0 Å². The van der Waals surface area contributed by atoms with Crippen LogP contribution in [0.15, 0.2) is 103 Å². The van der Waals surface area contributed by atoms with Crippen LogP contribution >= 0.6 is 0 Å². The number of benzene rings is 5. The van der Waals surface area contributed by atoms with Gasteiger partial charge in [-0.05, 0) is 126 Å². The highest BCUT2D eigenvalue weighted by Gasteiger charge is 2.32. The number of fused-ring (bicyclic) bond motifs is 2. The van der Waals surface area contributed by atoms with E-state index in [0.717, 1.165) is 13.3 Å². The average molecular weight is 621 g/mol. The number of anilines is 8. The minimum atomic E-state index is 0.124. The predicted molar refractivity (Wildman–Crippen MR) is 202 cm³/mol. The molecule has 0 radical (unpaired) electrons. The molecule has 0 atom stereocenters. The highest BCUT2D eigenvalue weighted by atomic mass is 15.4. The maximum Gasteiger partial charge on any atom is 0.100 e. The number of para-hydroxylation sites is 2. The van der Waals surface area contributed by atoms with Crippen LogP contribution < -0.4 is 19.6 Å². The first-order valence-electron chi connectivity index (χ1n) is 16.9. The third-order valence-corrected chi connectivity index (χ3v) is 9.96. The predicted octanol–water partition coefficient (Wildman–Crippen LogP) is 11.7. The maximum atomic E-state index is 2.49. The van der Waals surface area contributed by atoms with E-state index in [1.54, 1.807) is 0 Å². The van der Waals surface area contributed by atoms with Gasteiger partial charge >= 0.3 is 0 Å². The molecule has 240 valence electrons. The van der Waals surface area contributed by atoms with Crippen LogP contribution in [0.4, 0.5) is 45.5 Å². The van der Waals surface area contributed by atoms with E-state index in [0.29, 0.717) is 0 Å². The molecule has 0 aliphatic carbocycles. The lowest BCUT2D eigenvalue weighted by Crippen LogP contribution is -2.26. The Morgan fingerprint density at radius 1 is 0.404 bits per heavy atom. The fourth-order valence-corrected chi connectivity index (χ4v) is 6.95. The molecule has 2 heterocycles. The molecule has 0 unspecified atom stereocenters. The van der Waals surface area contributed by atoms with Gasteiger partial charge in [0.25, 0.3) is 0 Å². The summed E-state index contributed by atoms with van der Waals surface area (Å²) in [5.74, 6) is 0. The van der Waals surface area contributed by atoms with Crippen molar-refractivity contribution in [3.63, 3.8) is 0 Å². The Labute approximate surface area is 281 Å². The number of aryl methyl sites for hydroxylation is 3. The average Bonchev–Trinajstić information content (AvgIpc) is 3.59. The molecule has 0 fully saturated rings. The van der Waals surface area contributed by atoms with E-state index < -0.39 is 0 Å². The normalized spacial score (nSPS) is 14.6. The number of hydrogen-bond acceptors (Lipinski definition) is 4. The van der Waals surface area contributed by atoms with Crippen molar-refractivity contribution in [3.8, 4) is 0 Å². The zero-order valence-electron chi connectivity index (χ0n) is 29.5. The van der Waals surface area contributed by atoms with Gasteiger partial charge in [-0.25, -0.2) is 0 Å². The molecule has 0 aromatic heterocycles. The van der Waals surface area contributed by atoms with Gasteiger partial charge in [-0.1, -0.05) is 77.9 Å². The quantitative estimate of drug-likeness (QED) is 0.198. The molecule has 5 aromatic carbocycles. The van der Waals surface area contributed by atoms with Gasteiger partial charge in [-0.15, -0.1) is 0 Å². The van der Waals surface area contributed by atoms with Crippen molar-refractivity contribution in [3.05, 3.63) is 131 Å². The van der Waals surface area contributed by atoms with E-state index in [2.05, 4.69) is 185 Å². The molecule has 0 N–H and O–H groups in total. The molecule has 0 amide bonds. The molecule has 0 spiro atoms. The topological polar surface area (TPSA) is 13.0 Å². The van der Waals surface area contributed by atoms with Crippen molar-refractivity contribution in [1.82, 2.24) is 0 Å². The molecular weight excluding hydrogens is 573 g/mol. The van der Waals surface area contributed by atoms with Crippen molar-refractivity contribution in [2.45, 2.75) is 73.1 Å². The second-order valence-electron chi connectivity index (χ2n) is 15.5. The van der Waals surface area contributed by atoms with Crippen LogP contribution in [-0.2, 0) is 10.8 Å². The van der Waals surface area contributed by atoms with E-state index in [4.69, 9.17) is 0 Å². The lowest BCUT2D eigenvalue weighted by Gasteiger charge is -2.27. The molecule has 7 rings (SSSR count). The molecule has 4 heteroatoms. The van der Waals surface area contributed by atoms with E-state index in [1.807, 2.05) is 0 Å². The van der Waals surface area contributed by atoms with Crippen molar-refractivity contribution in [2.24, 2.45) is 0 Å². The Hall–Kier alpha value is -4.70. The van der Waals surface area contributed by atoms with Gasteiger partial charge in [0.15, 0.2) is 0 Å². The summed E-state index contributed by atoms with van der Waals surface area (Å²) in [5.41, 5.74) is 16.7. The molecule has 0 bridgehead atoms. The van der Waals surface area contributed by atoms with Crippen LogP contribution in [0, 0.1) is 20.8 Å². The van der Waals surface area contributed by atoms with E-state index in [1.165, 1.54) is 73.3 Å². The van der Waals surface area contributed by atoms with Crippen molar-refractivity contribution in [1.29, 1.82) is 0 Å². The minimum Gasteiger partial charge on any atom is -0.321 e. The first-order chi connectivity index (χ1) is 22.3. The summed E-state index contributed by atoms with van der Waals surface area (Å²) in [7, 11) is 0. The third-order valence-electron chi connectivity index (χ3n) is 9.96. The van der Waals surface area contributed by atoms with Gasteiger partial charge in [-0.2, -0.15) is 0 Å². The summed E-state index contributed by atoms with van der Waals surface area (Å²) in [6, 6.07) is 38.8. The Morgan fingerprint density at radius 3 is 1.17 bits per heavy atom. The minimum absolute atomic E-state index is 0.124. The van der Waals surface area contributed by atoms with Crippen molar-refractivity contribution < 1.29 is 0 Å². The third kappa shape index (κ3) is 5.65. The van der Waals surface area contributed by atoms with Crippen LogP contribution in [0.5, 0.6) is 0 Å². The molecule has 2 aliphatic heterocycles. The standard InChI is InChI=1S/C43H48N4/c1-29-22-36(46-27-44(38-12-10-11-13-39(38)46)34-18-14-32(15-19-34)42(4,5)6)26-37(23-29)47-28-45(40-24-30(2)31(3)25-41(40)47)35-20-16-33(17-21-35)43(7,8)9/h10-26H,27-28H2,1-9H3. The molecule has 5 aromatic rings. The van der Waals surface area contributed by atoms with E-state index in [-0.39, 0.29) is 10.8 Å². The first-order valence-corrected chi connectivity index (χ1v) is 16.9. The highest BCUT2D eigenvalue weighted by molar-refractivity contribution is 5.91. The summed E-state index contributed by atoms with van der Waals surface area (Å²) < 4.78 is 0. The lowest BCUT2D eigenvalue weighted by atomic mass is 9.87. The molecule has 47 heavy (non-hydrogen) atoms. The Balaban J connectivity index is 1.26. The Kier molecular flexibility index (Phi) is 7.39. The zero-order chi connectivity index (χ0) is 33.2. The summed E-state index contributed by atoms with van der Waals surface area (Å²) >= 11 is 0. The van der Waals surface area contributed by atoms with E-state index in [9.17, 15) is 0 Å². The first kappa shape index (κ1) is 30.9. The van der Waals surface area contributed by atoms with Gasteiger partial charge in [-0.3, -0.25) is 0 Å². The maximum absolute atomic E-state index is 2.49. The zero-order valence-corrected chi connectivity index (χ0v) is 29.5. The second kappa shape index (κ2) is 11.2. The fraction of sp³-hybridized carbons (Fsp3) is 0.302. The van der Waals surface area contributed by atoms with Gasteiger partial charge in [0.1, 0.15) is 13.3 Å². The molecular formula is C43H48N4. The summed E-state index contributed by atoms with van der Waals surface area (Å²) in [6.07, 6.45) is 0. The smallest absolute Gasteiger partial charge is 0.100 e. The molecule has 4 nitrogen and oxygen atoms in total. The van der Waals surface area contributed by atoms with Crippen LogP contribution in [0.2, 0.25) is 0 Å². The van der Waals surface area contributed by atoms with Crippen molar-refractivity contribution in [2.75, 3.05) is 32.9 Å². The summed E-state index contributed by atoms with van der Waals surface area (Å²) in [5, 5.41) is 0. The number of nitrogens with zero attached hydrogens (tertiary/aromatic N) is 4. The molecule has 0 saturated carbocycles. The van der Waals surface area contributed by atoms with E-state index >= 15 is 0 Å². The molecule has 2 aliphatic rings. The highest BCUT2D eigenvalue weighted by Crippen LogP contribution is 2.49. The molecule has 0 saturated heterocycles. The largest absolute Gasteiger partial charge is 0.321 e. The number of hydrogen-bond donors (Lipinski definition) is 0.